The molecule has 104 valence electrons. The molecule has 0 spiro atoms. The topological polar surface area (TPSA) is 92.4 Å². The SMILES string of the molecule is CC(CCCN)C(=O)Nc1ccc(I)cc1C(=O)O. The summed E-state index contributed by atoms with van der Waals surface area (Å²) in [6, 6.07) is 4.90. The summed E-state index contributed by atoms with van der Waals surface area (Å²) in [5, 5.41) is 11.8. The van der Waals surface area contributed by atoms with E-state index >= 15 is 0 Å². The zero-order chi connectivity index (χ0) is 14.4. The molecule has 0 bridgehead atoms. The van der Waals surface area contributed by atoms with Crippen LogP contribution in [-0.4, -0.2) is 23.5 Å². The van der Waals surface area contributed by atoms with Crippen LogP contribution in [0.2, 0.25) is 0 Å². The van der Waals surface area contributed by atoms with Crippen molar-refractivity contribution in [1.82, 2.24) is 0 Å². The van der Waals surface area contributed by atoms with Gasteiger partial charge in [0.15, 0.2) is 0 Å². The highest BCUT2D eigenvalue weighted by Crippen LogP contribution is 2.20. The number of nitrogens with two attached hydrogens (primary N) is 1. The maximum atomic E-state index is 11.9. The van der Waals surface area contributed by atoms with Crippen molar-refractivity contribution in [3.63, 3.8) is 0 Å². The lowest BCUT2D eigenvalue weighted by Crippen LogP contribution is -2.22. The van der Waals surface area contributed by atoms with E-state index in [1.165, 1.54) is 6.07 Å². The molecule has 0 radical (unpaired) electrons. The minimum Gasteiger partial charge on any atom is -0.478 e. The van der Waals surface area contributed by atoms with Gasteiger partial charge >= 0.3 is 5.97 Å². The molecule has 1 aromatic rings. The molecule has 0 saturated carbocycles. The second-order valence-corrected chi connectivity index (χ2v) is 5.56. The molecule has 0 heterocycles. The summed E-state index contributed by atoms with van der Waals surface area (Å²) in [5.41, 5.74) is 5.83. The number of carboxylic acids is 1. The molecule has 1 rings (SSSR count). The Morgan fingerprint density at radius 3 is 2.74 bits per heavy atom. The minimum atomic E-state index is -1.05. The van der Waals surface area contributed by atoms with E-state index in [0.29, 0.717) is 18.7 Å². The van der Waals surface area contributed by atoms with Gasteiger partial charge in [-0.3, -0.25) is 4.79 Å². The van der Waals surface area contributed by atoms with Gasteiger partial charge in [0.2, 0.25) is 5.91 Å². The molecule has 0 aromatic heterocycles. The number of carbonyl (C=O) groups is 2. The van der Waals surface area contributed by atoms with Crippen LogP contribution in [0.15, 0.2) is 18.2 Å². The van der Waals surface area contributed by atoms with Gasteiger partial charge in [-0.2, -0.15) is 0 Å². The Kier molecular flexibility index (Phi) is 6.23. The van der Waals surface area contributed by atoms with Gasteiger partial charge in [0.1, 0.15) is 0 Å². The number of aromatic carboxylic acids is 1. The van der Waals surface area contributed by atoms with Crippen LogP contribution in [0.3, 0.4) is 0 Å². The molecular formula is C13H17IN2O3. The fourth-order valence-corrected chi connectivity index (χ4v) is 2.10. The van der Waals surface area contributed by atoms with E-state index in [9.17, 15) is 9.59 Å². The summed E-state index contributed by atoms with van der Waals surface area (Å²) >= 11 is 2.03. The fourth-order valence-electron chi connectivity index (χ4n) is 1.61. The Balaban J connectivity index is 2.81. The third kappa shape index (κ3) is 4.79. The van der Waals surface area contributed by atoms with Crippen LogP contribution in [0.1, 0.15) is 30.1 Å². The summed E-state index contributed by atoms with van der Waals surface area (Å²) in [5.74, 6) is -1.43. The van der Waals surface area contributed by atoms with Gasteiger partial charge in [0, 0.05) is 9.49 Å². The zero-order valence-corrected chi connectivity index (χ0v) is 12.8. The van der Waals surface area contributed by atoms with E-state index in [0.717, 1.165) is 9.99 Å². The average molecular weight is 376 g/mol. The third-order valence-electron chi connectivity index (χ3n) is 2.76. The Morgan fingerprint density at radius 2 is 2.16 bits per heavy atom. The molecule has 0 fully saturated rings. The van der Waals surface area contributed by atoms with Gasteiger partial charge < -0.3 is 16.2 Å². The molecule has 1 amide bonds. The van der Waals surface area contributed by atoms with E-state index in [1.807, 2.05) is 22.6 Å². The van der Waals surface area contributed by atoms with Crippen LogP contribution in [-0.2, 0) is 4.79 Å². The number of nitrogens with one attached hydrogen (secondary N) is 1. The summed E-state index contributed by atoms with van der Waals surface area (Å²) in [6.45, 7) is 2.35. The first-order valence-electron chi connectivity index (χ1n) is 5.99. The number of halogens is 1. The van der Waals surface area contributed by atoms with Crippen molar-refractivity contribution in [1.29, 1.82) is 0 Å². The first-order valence-corrected chi connectivity index (χ1v) is 7.07. The van der Waals surface area contributed by atoms with Crippen molar-refractivity contribution in [3.8, 4) is 0 Å². The highest BCUT2D eigenvalue weighted by Gasteiger charge is 2.16. The van der Waals surface area contributed by atoms with Gasteiger partial charge in [-0.15, -0.1) is 0 Å². The molecule has 0 aliphatic rings. The fraction of sp³-hybridized carbons (Fsp3) is 0.385. The molecule has 6 heteroatoms. The van der Waals surface area contributed by atoms with Crippen LogP contribution in [0.4, 0.5) is 5.69 Å². The number of carbonyl (C=O) groups excluding carboxylic acids is 1. The molecule has 19 heavy (non-hydrogen) atoms. The number of hydrogen-bond acceptors (Lipinski definition) is 3. The van der Waals surface area contributed by atoms with Crippen LogP contribution in [0.5, 0.6) is 0 Å². The number of carboxylic acid groups (broad SMARTS) is 1. The zero-order valence-electron chi connectivity index (χ0n) is 10.6. The maximum absolute atomic E-state index is 11.9. The highest BCUT2D eigenvalue weighted by atomic mass is 127. The lowest BCUT2D eigenvalue weighted by molar-refractivity contribution is -0.119. The van der Waals surface area contributed by atoms with Crippen molar-refractivity contribution in [2.75, 3.05) is 11.9 Å². The summed E-state index contributed by atoms with van der Waals surface area (Å²) in [4.78, 5) is 23.1. The van der Waals surface area contributed by atoms with E-state index in [-0.39, 0.29) is 17.4 Å². The lowest BCUT2D eigenvalue weighted by Gasteiger charge is -2.13. The van der Waals surface area contributed by atoms with Crippen LogP contribution in [0.25, 0.3) is 0 Å². The second-order valence-electron chi connectivity index (χ2n) is 4.32. The number of hydrogen-bond donors (Lipinski definition) is 3. The highest BCUT2D eigenvalue weighted by molar-refractivity contribution is 14.1. The number of rotatable bonds is 6. The molecule has 4 N–H and O–H groups in total. The first kappa shape index (κ1) is 15.9. The van der Waals surface area contributed by atoms with Gasteiger partial charge in [-0.05, 0) is 60.2 Å². The maximum Gasteiger partial charge on any atom is 0.337 e. The molecule has 1 unspecified atom stereocenters. The lowest BCUT2D eigenvalue weighted by atomic mass is 10.0. The quantitative estimate of drug-likeness (QED) is 0.665. The molecule has 5 nitrogen and oxygen atoms in total. The van der Waals surface area contributed by atoms with Gasteiger partial charge in [-0.1, -0.05) is 6.92 Å². The summed E-state index contributed by atoms with van der Waals surface area (Å²) in [6.07, 6.45) is 1.46. The Hall–Kier alpha value is -1.15. The summed E-state index contributed by atoms with van der Waals surface area (Å²) in [7, 11) is 0. The van der Waals surface area contributed by atoms with E-state index < -0.39 is 5.97 Å². The molecule has 1 atom stereocenters. The Bertz CT molecular complexity index is 477. The average Bonchev–Trinajstić information content (AvgIpc) is 2.37. The van der Waals surface area contributed by atoms with Crippen molar-refractivity contribution < 1.29 is 14.7 Å². The van der Waals surface area contributed by atoms with Gasteiger partial charge in [-0.25, -0.2) is 4.79 Å². The minimum absolute atomic E-state index is 0.103. The molecule has 0 aliphatic carbocycles. The van der Waals surface area contributed by atoms with Gasteiger partial charge in [0.25, 0.3) is 0 Å². The predicted molar refractivity (Wildman–Crippen MR) is 82.2 cm³/mol. The van der Waals surface area contributed by atoms with Crippen LogP contribution in [0, 0.1) is 9.49 Å². The second kappa shape index (κ2) is 7.44. The summed E-state index contributed by atoms with van der Waals surface area (Å²) < 4.78 is 0.809. The van der Waals surface area contributed by atoms with Crippen LogP contribution >= 0.6 is 22.6 Å². The standard InChI is InChI=1S/C13H17IN2O3/c1-8(3-2-6-15)12(17)16-11-5-4-9(14)7-10(11)13(18)19/h4-5,7-8H,2-3,6,15H2,1H3,(H,16,17)(H,18,19). The Morgan fingerprint density at radius 1 is 1.47 bits per heavy atom. The van der Waals surface area contributed by atoms with Gasteiger partial charge in [0.05, 0.1) is 11.3 Å². The predicted octanol–water partition coefficient (Wildman–Crippen LogP) is 2.30. The smallest absolute Gasteiger partial charge is 0.337 e. The first-order chi connectivity index (χ1) is 8.95. The normalized spacial score (nSPS) is 11.9. The number of benzene rings is 1. The van der Waals surface area contributed by atoms with Crippen molar-refractivity contribution in [3.05, 3.63) is 27.3 Å². The molecule has 0 saturated heterocycles. The van der Waals surface area contributed by atoms with Crippen molar-refractivity contribution in [2.45, 2.75) is 19.8 Å². The largest absolute Gasteiger partial charge is 0.478 e. The molecular weight excluding hydrogens is 359 g/mol. The van der Waals surface area contributed by atoms with Crippen molar-refractivity contribution in [2.24, 2.45) is 11.7 Å². The molecule has 0 aliphatic heterocycles. The van der Waals surface area contributed by atoms with Crippen LogP contribution < -0.4 is 11.1 Å². The van der Waals surface area contributed by atoms with E-state index in [4.69, 9.17) is 10.8 Å². The monoisotopic (exact) mass is 376 g/mol. The van der Waals surface area contributed by atoms with E-state index in [1.54, 1.807) is 19.1 Å². The molecule has 1 aromatic carbocycles. The van der Waals surface area contributed by atoms with E-state index in [2.05, 4.69) is 5.32 Å². The Labute approximate surface area is 125 Å². The number of anilines is 1. The number of amides is 1. The third-order valence-corrected chi connectivity index (χ3v) is 3.43. The van der Waals surface area contributed by atoms with Crippen molar-refractivity contribution >= 4 is 40.2 Å².